The predicted molar refractivity (Wildman–Crippen MR) is 370 cm³/mol. The van der Waals surface area contributed by atoms with Crippen LogP contribution in [0.5, 0.6) is 0 Å². The number of halogens is 11. The Bertz CT molecular complexity index is 3700. The summed E-state index contributed by atoms with van der Waals surface area (Å²) in [5, 5.41) is 7.66. The van der Waals surface area contributed by atoms with Crippen LogP contribution < -0.4 is 16.0 Å². The van der Waals surface area contributed by atoms with Gasteiger partial charge in [-0.15, -0.1) is 0 Å². The van der Waals surface area contributed by atoms with Gasteiger partial charge in [-0.1, -0.05) is 57.4 Å². The molecule has 604 valence electrons. The fraction of sp³-hybridized carbons (Fsp3) is 0.644. The average Bonchev–Trinajstić information content (AvgIpc) is 1.69. The summed E-state index contributed by atoms with van der Waals surface area (Å²) < 4.78 is 164. The van der Waals surface area contributed by atoms with Gasteiger partial charge in [0.15, 0.2) is 0 Å². The van der Waals surface area contributed by atoms with E-state index < -0.39 is 241 Å². The van der Waals surface area contributed by atoms with Gasteiger partial charge in [0.05, 0.1) is 37.6 Å². The number of amides is 12. The molecule has 0 aromatic heterocycles. The molecule has 2 aliphatic carbocycles. The van der Waals surface area contributed by atoms with Gasteiger partial charge in [-0.3, -0.25) is 57.5 Å². The van der Waals surface area contributed by atoms with Gasteiger partial charge in [0.25, 0.3) is 0 Å². The molecular formula is C73H97F11N12O13. The second kappa shape index (κ2) is 36.2. The molecule has 2 aromatic rings. The van der Waals surface area contributed by atoms with Crippen molar-refractivity contribution in [2.75, 3.05) is 89.2 Å². The lowest BCUT2D eigenvalue weighted by atomic mass is 9.74. The molecule has 0 radical (unpaired) electrons. The smallest absolute Gasteiger partial charge is 0.377 e. The number of rotatable bonds is 12. The van der Waals surface area contributed by atoms with E-state index in [2.05, 4.69) is 16.0 Å². The number of ether oxygens (including phenoxy) is 1. The van der Waals surface area contributed by atoms with E-state index in [1.54, 1.807) is 19.9 Å². The summed E-state index contributed by atoms with van der Waals surface area (Å²) in [6.45, 7) is 2.07. The Morgan fingerprint density at radius 1 is 0.661 bits per heavy atom. The van der Waals surface area contributed by atoms with Crippen LogP contribution in [0, 0.1) is 23.5 Å². The third-order valence-corrected chi connectivity index (χ3v) is 21.5. The minimum absolute atomic E-state index is 0.0141. The maximum atomic E-state index is 15.4. The van der Waals surface area contributed by atoms with Crippen LogP contribution >= 0.6 is 0 Å². The number of carbonyl (C=O) groups is 12. The number of alkyl halides is 9. The van der Waals surface area contributed by atoms with Gasteiger partial charge < -0.3 is 64.8 Å². The number of hydrogen-bond donors (Lipinski definition) is 3. The standard InChI is InChI=1S/C73H97F11N12O13/c1-12-41(3)59-67(106)90(7)40-57(99)91(8)50-22-15-14-18-31-95(66(50)105)53(34-42-23-26-45(27-24-42)72(79,80)81)65(104)89(6)39-55(97)85-49(28-25-43-32-47(74)58(48(75)33-43)73(82,83)84)63(102)96-38-46(109-13-2)35-51(96)62(101)87-70(29-19-30-70)69(108)94(11)60(44-20-16-17-21-44)68(107)93(10)52(64(103)88(4)5)36-56(98)92(9)54(61(100)86-59)37-71(76,77)78/h14-15,23-24,26-27,32-33,41,44,46,49-54,59-60H,12-13,16-22,25,28-31,34-40H2,1-11H3,(H,85,97)(H,86,100)(H,87,101)/b15-14-/t41-,46+,49-,50-,51-,52-,53-,54-,59-,60-/m0/s1. The van der Waals surface area contributed by atoms with Gasteiger partial charge in [-0.2, -0.15) is 39.5 Å². The van der Waals surface area contributed by atoms with E-state index in [0.29, 0.717) is 49.1 Å². The second-order valence-corrected chi connectivity index (χ2v) is 29.2. The fourth-order valence-electron chi connectivity index (χ4n) is 14.8. The normalized spacial score (nSPS) is 26.1. The number of hydrogen-bond acceptors (Lipinski definition) is 13. The molecule has 5 aliphatic rings. The van der Waals surface area contributed by atoms with Gasteiger partial charge in [-0.05, 0) is 112 Å². The van der Waals surface area contributed by atoms with Crippen molar-refractivity contribution in [1.82, 2.24) is 60.0 Å². The van der Waals surface area contributed by atoms with Gasteiger partial charge in [0.2, 0.25) is 70.9 Å². The number of nitrogens with zero attached hydrogens (tertiary/aromatic N) is 9. The molecule has 109 heavy (non-hydrogen) atoms. The van der Waals surface area contributed by atoms with Gasteiger partial charge in [0, 0.05) is 88.9 Å². The third-order valence-electron chi connectivity index (χ3n) is 21.5. The number of fused-ring (bicyclic) bond motifs is 3. The lowest BCUT2D eigenvalue weighted by Crippen LogP contribution is -2.68. The molecule has 1 spiro atoms. The summed E-state index contributed by atoms with van der Waals surface area (Å²) >= 11 is 0. The van der Waals surface area contributed by atoms with E-state index >= 15 is 37.5 Å². The Morgan fingerprint density at radius 2 is 1.28 bits per heavy atom. The van der Waals surface area contributed by atoms with Crippen molar-refractivity contribution in [2.24, 2.45) is 11.8 Å². The molecule has 3 heterocycles. The monoisotopic (exact) mass is 1560 g/mol. The SMILES string of the molecule is CCO[C@@H]1C[C@H]2C(=O)NC3(CCC3)C(=O)N(C)[C@@H](C3CCCC3)C(=O)N(C)[C@H](C(=O)N(C)C)CC(=O)N(C)[C@@H](CC(F)(F)F)C(=O)N[C@@H]([C@@H](C)CC)C(=O)N(C)CC(=O)N(C)[C@H]3C/C=C\CCN(C3=O)[C@@H](Cc3ccc(C(F)(F)F)cc3)C(=O)N(C)CC(=O)N[C@@H](CCc3cc(F)c(C(F)(F)F)c(F)c3)C(=O)N2C1. The van der Waals surface area contributed by atoms with Crippen molar-refractivity contribution in [3.8, 4) is 0 Å². The van der Waals surface area contributed by atoms with Crippen molar-refractivity contribution >= 4 is 70.9 Å². The van der Waals surface area contributed by atoms with E-state index in [9.17, 15) is 68.3 Å². The molecule has 3 aliphatic heterocycles. The number of nitrogens with one attached hydrogen (secondary N) is 3. The maximum Gasteiger partial charge on any atom is 0.422 e. The molecule has 4 fully saturated rings. The lowest BCUT2D eigenvalue weighted by Gasteiger charge is -2.46. The summed E-state index contributed by atoms with van der Waals surface area (Å²) in [4.78, 5) is 187. The molecular weight excluding hydrogens is 1460 g/mol. The first kappa shape index (κ1) is 87.2. The fourth-order valence-corrected chi connectivity index (χ4v) is 14.8. The zero-order valence-corrected chi connectivity index (χ0v) is 62.8. The van der Waals surface area contributed by atoms with Crippen LogP contribution in [0.25, 0.3) is 0 Å². The molecule has 2 aromatic carbocycles. The average molecular weight is 1560 g/mol. The second-order valence-electron chi connectivity index (χ2n) is 29.2. The highest BCUT2D eigenvalue weighted by atomic mass is 19.4. The van der Waals surface area contributed by atoms with Crippen LogP contribution in [0.2, 0.25) is 0 Å². The first-order valence-electron chi connectivity index (χ1n) is 36.2. The van der Waals surface area contributed by atoms with E-state index in [1.807, 2.05) is 0 Å². The highest BCUT2D eigenvalue weighted by Gasteiger charge is 2.54. The first-order valence-corrected chi connectivity index (χ1v) is 36.2. The number of aryl methyl sites for hydroxylation is 1. The van der Waals surface area contributed by atoms with Crippen molar-refractivity contribution in [3.63, 3.8) is 0 Å². The quantitative estimate of drug-likeness (QED) is 0.172. The van der Waals surface area contributed by atoms with E-state index in [4.69, 9.17) is 4.74 Å². The molecule has 2 bridgehead atoms. The Morgan fingerprint density at radius 3 is 1.83 bits per heavy atom. The highest BCUT2D eigenvalue weighted by Crippen LogP contribution is 2.40. The summed E-state index contributed by atoms with van der Waals surface area (Å²) in [6, 6.07) is -9.85. The topological polar surface area (TPSA) is 279 Å². The van der Waals surface area contributed by atoms with Crippen LogP contribution in [-0.4, -0.2) is 270 Å². The largest absolute Gasteiger partial charge is 0.422 e. The third kappa shape index (κ3) is 21.1. The highest BCUT2D eigenvalue weighted by molar-refractivity contribution is 6.01. The number of carbonyl (C=O) groups excluding carboxylic acids is 12. The van der Waals surface area contributed by atoms with Crippen LogP contribution in [0.1, 0.15) is 133 Å². The zero-order valence-electron chi connectivity index (χ0n) is 62.8. The Hall–Kier alpha value is -8.99. The van der Waals surface area contributed by atoms with E-state index in [0.717, 1.165) is 91.7 Å². The first-order chi connectivity index (χ1) is 50.9. The van der Waals surface area contributed by atoms with E-state index in [1.165, 1.54) is 41.2 Å². The van der Waals surface area contributed by atoms with Crippen molar-refractivity contribution in [1.29, 1.82) is 0 Å². The van der Waals surface area contributed by atoms with Crippen LogP contribution in [-0.2, 0) is 87.5 Å². The molecule has 12 amide bonds. The van der Waals surface area contributed by atoms with Gasteiger partial charge >= 0.3 is 18.5 Å². The van der Waals surface area contributed by atoms with Crippen LogP contribution in [0.15, 0.2) is 48.6 Å². The van der Waals surface area contributed by atoms with Crippen molar-refractivity contribution in [2.45, 2.75) is 202 Å². The lowest BCUT2D eigenvalue weighted by molar-refractivity contribution is -0.163. The molecule has 2 saturated carbocycles. The molecule has 0 unspecified atom stereocenters. The summed E-state index contributed by atoms with van der Waals surface area (Å²) in [6.07, 6.45) is -16.5. The molecule has 10 atom stereocenters. The maximum absolute atomic E-state index is 15.4. The molecule has 36 heteroatoms. The number of likely N-dealkylation sites (N-methyl/N-ethyl adjacent to an activating group) is 7. The summed E-state index contributed by atoms with van der Waals surface area (Å²) in [5.41, 5.74) is -5.50. The summed E-state index contributed by atoms with van der Waals surface area (Å²) in [5.74, 6) is -18.1. The van der Waals surface area contributed by atoms with Crippen LogP contribution in [0.3, 0.4) is 0 Å². The molecule has 3 N–H and O–H groups in total. The van der Waals surface area contributed by atoms with Gasteiger partial charge in [0.1, 0.15) is 71.1 Å². The minimum Gasteiger partial charge on any atom is -0.377 e. The molecule has 2 saturated heterocycles. The Labute approximate surface area is 624 Å². The van der Waals surface area contributed by atoms with E-state index in [-0.39, 0.29) is 57.2 Å². The summed E-state index contributed by atoms with van der Waals surface area (Å²) in [7, 11) is 9.25. The van der Waals surface area contributed by atoms with Gasteiger partial charge in [-0.25, -0.2) is 8.78 Å². The molecule has 7 rings (SSSR count). The Balaban J connectivity index is 1.36. The number of benzene rings is 2. The minimum atomic E-state index is -5.49. The zero-order chi connectivity index (χ0) is 81.3. The predicted octanol–water partition coefficient (Wildman–Crippen LogP) is 5.64. The Kier molecular flexibility index (Phi) is 29.0. The van der Waals surface area contributed by atoms with Crippen molar-refractivity contribution < 1.29 is 111 Å². The van der Waals surface area contributed by atoms with Crippen LogP contribution in [0.4, 0.5) is 48.3 Å². The van der Waals surface area contributed by atoms with Crippen molar-refractivity contribution in [3.05, 3.63) is 82.4 Å². The molecule has 25 nitrogen and oxygen atoms in total.